The summed E-state index contributed by atoms with van der Waals surface area (Å²) in [5, 5.41) is 19.1. The number of aliphatic imine (C=N–C) groups is 3. The number of nitrogens with one attached hydrogen (secondary N) is 4. The van der Waals surface area contributed by atoms with E-state index in [1.54, 1.807) is 0 Å². The molecule has 23 heteroatoms. The monoisotopic (exact) mass is 717 g/mol. The van der Waals surface area contributed by atoms with E-state index in [4.69, 9.17) is 45.9 Å². The van der Waals surface area contributed by atoms with E-state index in [2.05, 4.69) is 48.9 Å². The van der Waals surface area contributed by atoms with E-state index >= 15 is 0 Å². The molecule has 5 amide bonds. The predicted molar refractivity (Wildman–Crippen MR) is 185 cm³/mol. The quantitative estimate of drug-likeness (QED) is 0.0181. The highest BCUT2D eigenvalue weighted by Gasteiger charge is 2.31. The maximum Gasteiger partial charge on any atom is 0.327 e. The predicted octanol–water partition coefficient (Wildman–Crippen LogP) is -6.31. The van der Waals surface area contributed by atoms with Crippen LogP contribution in [-0.2, 0) is 28.8 Å². The van der Waals surface area contributed by atoms with Crippen molar-refractivity contribution in [2.45, 2.75) is 81.6 Å². The fourth-order valence-electron chi connectivity index (χ4n) is 4.03. The fourth-order valence-corrected chi connectivity index (χ4v) is 4.28. The number of hydrogen-bond donors (Lipinski definition) is 14. The van der Waals surface area contributed by atoms with Crippen LogP contribution in [0.5, 0.6) is 0 Å². The van der Waals surface area contributed by atoms with Crippen LogP contribution in [0.2, 0.25) is 0 Å². The first-order valence-corrected chi connectivity index (χ1v) is 15.9. The first-order valence-electron chi connectivity index (χ1n) is 15.2. The first-order chi connectivity index (χ1) is 23.0. The maximum atomic E-state index is 13.5. The number of carbonyl (C=O) groups is 6. The Morgan fingerprint density at radius 3 is 1.24 bits per heavy atom. The third kappa shape index (κ3) is 20.7. The maximum absolute atomic E-state index is 13.5. The van der Waals surface area contributed by atoms with E-state index in [1.165, 1.54) is 0 Å². The summed E-state index contributed by atoms with van der Waals surface area (Å²) in [6, 6.07) is -6.40. The second-order valence-electron chi connectivity index (χ2n) is 10.7. The number of nitrogens with zero attached hydrogens (tertiary/aromatic N) is 3. The average molecular weight is 718 g/mol. The zero-order valence-electron chi connectivity index (χ0n) is 27.2. The SMILES string of the molecule is NC(=O)CCC(NC(=O)C(CCCN=C(N)N)NC(=O)C(N)CCCN=C(N)N)C(=O)NC(CCCN=C(N)N)C(=O)NC(CS)C(=O)O. The van der Waals surface area contributed by atoms with Gasteiger partial charge < -0.3 is 72.2 Å². The molecule has 0 aromatic heterocycles. The number of aliphatic carboxylic acids is 1. The Hall–Kier alpha value is -5.06. The number of nitrogens with two attached hydrogens (primary N) is 8. The van der Waals surface area contributed by atoms with E-state index in [1.807, 2.05) is 0 Å². The Morgan fingerprint density at radius 1 is 0.551 bits per heavy atom. The highest BCUT2D eigenvalue weighted by molar-refractivity contribution is 7.80. The van der Waals surface area contributed by atoms with Gasteiger partial charge in [0.2, 0.25) is 29.5 Å². The summed E-state index contributed by atoms with van der Waals surface area (Å²) in [6.45, 7) is 0.413. The minimum atomic E-state index is -1.43. The molecule has 0 spiro atoms. The van der Waals surface area contributed by atoms with Crippen LogP contribution in [0.25, 0.3) is 0 Å². The Kier molecular flexibility index (Phi) is 21.6. The molecular formula is C26H51N15O7S. The molecule has 0 aromatic rings. The zero-order valence-corrected chi connectivity index (χ0v) is 28.1. The van der Waals surface area contributed by atoms with Crippen LogP contribution in [0.1, 0.15) is 51.4 Å². The van der Waals surface area contributed by atoms with Crippen LogP contribution in [0.3, 0.4) is 0 Å². The van der Waals surface area contributed by atoms with E-state index in [0.717, 1.165) is 0 Å². The van der Waals surface area contributed by atoms with Crippen LogP contribution in [0, 0.1) is 0 Å². The van der Waals surface area contributed by atoms with Gasteiger partial charge in [-0.15, -0.1) is 0 Å². The Bertz CT molecular complexity index is 1210. The second-order valence-corrected chi connectivity index (χ2v) is 11.1. The van der Waals surface area contributed by atoms with Gasteiger partial charge in [0.15, 0.2) is 17.9 Å². The van der Waals surface area contributed by atoms with Crippen molar-refractivity contribution in [1.82, 2.24) is 21.3 Å². The summed E-state index contributed by atoms with van der Waals surface area (Å²) < 4.78 is 0. The molecule has 278 valence electrons. The van der Waals surface area contributed by atoms with Crippen molar-refractivity contribution in [3.63, 3.8) is 0 Å². The van der Waals surface area contributed by atoms with E-state index in [-0.39, 0.29) is 88.2 Å². The van der Waals surface area contributed by atoms with Gasteiger partial charge >= 0.3 is 5.97 Å². The minimum absolute atomic E-state index is 0.00929. The lowest BCUT2D eigenvalue weighted by atomic mass is 10.0. The fraction of sp³-hybridized carbons (Fsp3) is 0.654. The third-order valence-corrected chi connectivity index (χ3v) is 6.94. The van der Waals surface area contributed by atoms with Gasteiger partial charge in [-0.3, -0.25) is 38.9 Å². The van der Waals surface area contributed by atoms with Crippen molar-refractivity contribution in [1.29, 1.82) is 0 Å². The summed E-state index contributed by atoms with van der Waals surface area (Å²) in [7, 11) is 0. The average Bonchev–Trinajstić information content (AvgIpc) is 3.01. The molecule has 0 saturated carbocycles. The van der Waals surface area contributed by atoms with Gasteiger partial charge in [0.1, 0.15) is 24.2 Å². The number of hydrogen-bond acceptors (Lipinski definition) is 11. The molecule has 21 N–H and O–H groups in total. The third-order valence-electron chi connectivity index (χ3n) is 6.57. The van der Waals surface area contributed by atoms with Crippen molar-refractivity contribution < 1.29 is 33.9 Å². The van der Waals surface area contributed by atoms with Crippen molar-refractivity contribution in [2.24, 2.45) is 60.8 Å². The van der Waals surface area contributed by atoms with E-state index in [0.29, 0.717) is 6.42 Å². The lowest BCUT2D eigenvalue weighted by molar-refractivity contribution is -0.141. The molecule has 5 unspecified atom stereocenters. The van der Waals surface area contributed by atoms with Crippen molar-refractivity contribution >= 4 is 66.0 Å². The van der Waals surface area contributed by atoms with Crippen molar-refractivity contribution in [3.8, 4) is 0 Å². The van der Waals surface area contributed by atoms with E-state index < -0.39 is 65.7 Å². The van der Waals surface area contributed by atoms with Gasteiger partial charge in [-0.25, -0.2) is 4.79 Å². The van der Waals surface area contributed by atoms with Crippen LogP contribution < -0.4 is 67.1 Å². The molecule has 49 heavy (non-hydrogen) atoms. The Morgan fingerprint density at radius 2 is 0.898 bits per heavy atom. The molecule has 0 aliphatic carbocycles. The van der Waals surface area contributed by atoms with Crippen LogP contribution in [0.4, 0.5) is 0 Å². The van der Waals surface area contributed by atoms with E-state index in [9.17, 15) is 33.9 Å². The minimum Gasteiger partial charge on any atom is -0.480 e. The van der Waals surface area contributed by atoms with Crippen LogP contribution >= 0.6 is 12.6 Å². The topological polar surface area (TPSA) is 416 Å². The first kappa shape index (κ1) is 43.9. The van der Waals surface area contributed by atoms with Gasteiger partial charge in [-0.2, -0.15) is 12.6 Å². The Labute approximate surface area is 288 Å². The number of thiol groups is 1. The molecule has 5 atom stereocenters. The normalized spacial score (nSPS) is 13.6. The van der Waals surface area contributed by atoms with Gasteiger partial charge in [0.05, 0.1) is 6.04 Å². The summed E-state index contributed by atoms with van der Waals surface area (Å²) in [4.78, 5) is 87.5. The molecule has 0 fully saturated rings. The van der Waals surface area contributed by atoms with Crippen LogP contribution in [-0.4, -0.2) is 114 Å². The van der Waals surface area contributed by atoms with Gasteiger partial charge in [-0.1, -0.05) is 0 Å². The zero-order chi connectivity index (χ0) is 37.5. The summed E-state index contributed by atoms with van der Waals surface area (Å²) >= 11 is 3.93. The number of carbonyl (C=O) groups excluding carboxylic acids is 5. The van der Waals surface area contributed by atoms with Crippen molar-refractivity contribution in [3.05, 3.63) is 0 Å². The largest absolute Gasteiger partial charge is 0.480 e. The second kappa shape index (κ2) is 24.1. The molecule has 0 bridgehead atoms. The van der Waals surface area contributed by atoms with Crippen LogP contribution in [0.15, 0.2) is 15.0 Å². The highest BCUT2D eigenvalue weighted by Crippen LogP contribution is 2.07. The lowest BCUT2D eigenvalue weighted by Crippen LogP contribution is -2.58. The lowest BCUT2D eigenvalue weighted by Gasteiger charge is -2.26. The molecule has 22 nitrogen and oxygen atoms in total. The molecule has 0 aromatic carbocycles. The molecule has 0 aliphatic heterocycles. The van der Waals surface area contributed by atoms with Crippen molar-refractivity contribution in [2.75, 3.05) is 25.4 Å². The van der Waals surface area contributed by atoms with Gasteiger partial charge in [0.25, 0.3) is 0 Å². The number of carboxylic acids is 1. The standard InChI is InChI=1S/C26H51N15O7S/c27-13(4-1-9-35-24(29)30)19(43)38-14(5-2-10-36-25(31)32)20(44)40-16(7-8-18(28)42)22(46)39-15(6-3-11-37-26(33)34)21(45)41-17(12-49)23(47)48/h13-17,49H,1-12,27H2,(H2,28,42)(H,38,43)(H,39,46)(H,40,44)(H,41,45)(H,47,48)(H4,29,30,35)(H4,31,32,36)(H4,33,34,37). The molecule has 0 heterocycles. The number of rotatable bonds is 25. The summed E-state index contributed by atoms with van der Waals surface area (Å²) in [5.74, 6) is -6.18. The number of guanidine groups is 3. The Balaban J connectivity index is 6.08. The molecule has 0 aliphatic rings. The number of amides is 5. The molecule has 0 saturated heterocycles. The van der Waals surface area contributed by atoms with Gasteiger partial charge in [0, 0.05) is 31.8 Å². The summed E-state index contributed by atoms with van der Waals surface area (Å²) in [6.07, 6.45) is 0.280. The molecule has 0 radical (unpaired) electrons. The number of carboxylic acid groups (broad SMARTS) is 1. The smallest absolute Gasteiger partial charge is 0.327 e. The highest BCUT2D eigenvalue weighted by atomic mass is 32.1. The summed E-state index contributed by atoms with van der Waals surface area (Å²) in [5.41, 5.74) is 43.3. The number of primary amides is 1. The molecular weight excluding hydrogens is 666 g/mol. The van der Waals surface area contributed by atoms with Gasteiger partial charge in [-0.05, 0) is 44.9 Å². The molecule has 0 rings (SSSR count).